The summed E-state index contributed by atoms with van der Waals surface area (Å²) in [5.41, 5.74) is -0.223. The first kappa shape index (κ1) is 22.2. The Labute approximate surface area is 180 Å². The van der Waals surface area contributed by atoms with E-state index in [4.69, 9.17) is 14.2 Å². The lowest BCUT2D eigenvalue weighted by atomic mass is 9.87. The lowest BCUT2D eigenvalue weighted by Crippen LogP contribution is -2.54. The molecule has 0 aliphatic carbocycles. The van der Waals surface area contributed by atoms with Crippen LogP contribution in [0.4, 0.5) is 4.79 Å². The van der Waals surface area contributed by atoms with Crippen molar-refractivity contribution in [1.82, 2.24) is 15.5 Å². The number of rotatable bonds is 7. The molecule has 2 saturated heterocycles. The molecule has 1 spiro atoms. The quantitative estimate of drug-likeness (QED) is 0.379. The molecular weight excluding hydrogens is 414 g/mol. The second-order valence-corrected chi connectivity index (χ2v) is 7.62. The van der Waals surface area contributed by atoms with E-state index in [9.17, 15) is 14.4 Å². The first-order valence-electron chi connectivity index (χ1n) is 9.87. The number of ketones is 1. The topological polar surface area (TPSA) is 106 Å². The first-order valence-corrected chi connectivity index (χ1v) is 9.87. The summed E-state index contributed by atoms with van der Waals surface area (Å²) in [6.07, 6.45) is 3.28. The fourth-order valence-corrected chi connectivity index (χ4v) is 4.10. The molecule has 2 fully saturated rings. The number of nitrogens with zero attached hydrogens (tertiary/aromatic N) is 1. The van der Waals surface area contributed by atoms with E-state index < -0.39 is 11.6 Å². The summed E-state index contributed by atoms with van der Waals surface area (Å²) < 4.78 is 16.0. The van der Waals surface area contributed by atoms with Crippen LogP contribution < -0.4 is 24.8 Å². The van der Waals surface area contributed by atoms with Crippen LogP contribution >= 0.6 is 12.4 Å². The molecule has 0 radical (unpaired) electrons. The van der Waals surface area contributed by atoms with Crippen molar-refractivity contribution in [2.24, 2.45) is 0 Å². The minimum Gasteiger partial charge on any atom is -0.496 e. The number of ether oxygens (including phenoxy) is 3. The lowest BCUT2D eigenvalue weighted by molar-refractivity contribution is -0.125. The van der Waals surface area contributed by atoms with Crippen LogP contribution in [-0.2, 0) is 4.79 Å². The molecule has 164 valence electrons. The van der Waals surface area contributed by atoms with Crippen LogP contribution in [0.2, 0.25) is 0 Å². The number of fused-ring (bicyclic) bond motifs is 1. The van der Waals surface area contributed by atoms with Crippen LogP contribution in [0.1, 0.15) is 42.5 Å². The van der Waals surface area contributed by atoms with Gasteiger partial charge < -0.3 is 24.4 Å². The highest BCUT2D eigenvalue weighted by Crippen LogP contribution is 2.38. The number of methoxy groups -OCH3 is 1. The van der Waals surface area contributed by atoms with Gasteiger partial charge in [0.2, 0.25) is 6.79 Å². The molecule has 3 heterocycles. The molecule has 0 saturated carbocycles. The number of carbonyl (C=O) groups is 3. The number of benzene rings is 1. The summed E-state index contributed by atoms with van der Waals surface area (Å²) in [4.78, 5) is 38.3. The zero-order chi connectivity index (χ0) is 20.4. The first-order chi connectivity index (χ1) is 14.0. The van der Waals surface area contributed by atoms with Crippen molar-refractivity contribution in [3.63, 3.8) is 0 Å². The molecule has 3 aliphatic heterocycles. The Morgan fingerprint density at radius 3 is 2.50 bits per heavy atom. The Morgan fingerprint density at radius 1 is 1.17 bits per heavy atom. The molecule has 0 bridgehead atoms. The molecule has 9 nitrogen and oxygen atoms in total. The largest absolute Gasteiger partial charge is 0.496 e. The van der Waals surface area contributed by atoms with Crippen molar-refractivity contribution < 1.29 is 28.6 Å². The average Bonchev–Trinajstić information content (AvgIpc) is 3.28. The molecule has 0 atom stereocenters. The van der Waals surface area contributed by atoms with Gasteiger partial charge in [-0.05, 0) is 38.3 Å². The predicted octanol–water partition coefficient (Wildman–Crippen LogP) is 1.87. The number of Topliss-reactive ketones (excluding diaryl/α,β-unsaturated/α-hetero) is 1. The molecule has 2 N–H and O–H groups in total. The Kier molecular flexibility index (Phi) is 6.72. The van der Waals surface area contributed by atoms with Gasteiger partial charge in [-0.1, -0.05) is 0 Å². The van der Waals surface area contributed by atoms with Gasteiger partial charge in [0.05, 0.1) is 12.7 Å². The second-order valence-electron chi connectivity index (χ2n) is 7.62. The maximum atomic E-state index is 12.6. The zero-order valence-electron chi connectivity index (χ0n) is 16.8. The van der Waals surface area contributed by atoms with E-state index in [-0.39, 0.29) is 30.9 Å². The number of imide groups is 1. The molecule has 4 rings (SSSR count). The van der Waals surface area contributed by atoms with Gasteiger partial charge in [-0.15, -0.1) is 12.4 Å². The fraction of sp³-hybridized carbons (Fsp3) is 0.550. The summed E-state index contributed by atoms with van der Waals surface area (Å²) in [6.45, 7) is 2.51. The monoisotopic (exact) mass is 439 g/mol. The van der Waals surface area contributed by atoms with Gasteiger partial charge in [0.25, 0.3) is 5.91 Å². The van der Waals surface area contributed by atoms with E-state index in [0.29, 0.717) is 42.1 Å². The van der Waals surface area contributed by atoms with Crippen LogP contribution in [0, 0.1) is 0 Å². The summed E-state index contributed by atoms with van der Waals surface area (Å²) in [5.74, 6) is 1.46. The number of likely N-dealkylation sites (tertiary alicyclic amines) is 1. The predicted molar refractivity (Wildman–Crippen MR) is 110 cm³/mol. The van der Waals surface area contributed by atoms with Gasteiger partial charge in [0.15, 0.2) is 17.3 Å². The van der Waals surface area contributed by atoms with E-state index in [1.165, 1.54) is 7.11 Å². The highest BCUT2D eigenvalue weighted by Gasteiger charge is 2.47. The standard InChI is InChI=1S/C20H25N3O6.ClH/c1-27-15-11-17-16(28-12-29-17)10-13(15)14(24)4-2-3-7-23-8-5-20(6-9-23)18(25)21-19(26)22-20;/h10-11H,2-9,12H2,1H3,(H2,21,22,25,26);1H. The molecule has 0 aromatic heterocycles. The number of urea groups is 1. The van der Waals surface area contributed by atoms with Gasteiger partial charge >= 0.3 is 6.03 Å². The SMILES string of the molecule is COc1cc2c(cc1C(=O)CCCCN1CCC3(CC1)NC(=O)NC3=O)OCO2.Cl. The summed E-state index contributed by atoms with van der Waals surface area (Å²) in [7, 11) is 1.53. The Bertz CT molecular complexity index is 838. The number of halogens is 1. The molecule has 1 aromatic rings. The number of hydrogen-bond donors (Lipinski definition) is 2. The summed E-state index contributed by atoms with van der Waals surface area (Å²) in [6, 6.07) is 2.98. The maximum Gasteiger partial charge on any atom is 0.322 e. The maximum absolute atomic E-state index is 12.6. The Balaban J connectivity index is 0.00000256. The number of nitrogens with one attached hydrogen (secondary N) is 2. The molecule has 10 heteroatoms. The molecule has 3 aliphatic rings. The number of piperidine rings is 1. The van der Waals surface area contributed by atoms with Crippen molar-refractivity contribution >= 4 is 30.1 Å². The van der Waals surface area contributed by atoms with Gasteiger partial charge in [-0.2, -0.15) is 0 Å². The molecular formula is C20H26ClN3O6. The number of unbranched alkanes of at least 4 members (excludes halogenated alkanes) is 1. The van der Waals surface area contributed by atoms with E-state index in [0.717, 1.165) is 32.5 Å². The van der Waals surface area contributed by atoms with Crippen LogP contribution in [-0.4, -0.2) is 61.7 Å². The normalized spacial score (nSPS) is 19.2. The zero-order valence-corrected chi connectivity index (χ0v) is 17.6. The highest BCUT2D eigenvalue weighted by atomic mass is 35.5. The van der Waals surface area contributed by atoms with Gasteiger partial charge in [-0.3, -0.25) is 14.9 Å². The molecule has 0 unspecified atom stereocenters. The van der Waals surface area contributed by atoms with Crippen LogP contribution in [0.3, 0.4) is 0 Å². The lowest BCUT2D eigenvalue weighted by Gasteiger charge is -2.36. The highest BCUT2D eigenvalue weighted by molar-refractivity contribution is 6.07. The van der Waals surface area contributed by atoms with E-state index >= 15 is 0 Å². The summed E-state index contributed by atoms with van der Waals surface area (Å²) >= 11 is 0. The summed E-state index contributed by atoms with van der Waals surface area (Å²) in [5, 5.41) is 5.09. The fourth-order valence-electron chi connectivity index (χ4n) is 4.10. The Hall–Kier alpha value is -2.52. The van der Waals surface area contributed by atoms with Crippen LogP contribution in [0.25, 0.3) is 0 Å². The third kappa shape index (κ3) is 4.32. The smallest absolute Gasteiger partial charge is 0.322 e. The number of amides is 3. The van der Waals surface area contributed by atoms with Crippen molar-refractivity contribution in [3.05, 3.63) is 17.7 Å². The minimum absolute atomic E-state index is 0. The van der Waals surface area contributed by atoms with Gasteiger partial charge in [0, 0.05) is 25.6 Å². The van der Waals surface area contributed by atoms with Gasteiger partial charge in [-0.25, -0.2) is 4.79 Å². The molecule has 3 amide bonds. The van der Waals surface area contributed by atoms with E-state index in [1.54, 1.807) is 12.1 Å². The minimum atomic E-state index is -0.737. The van der Waals surface area contributed by atoms with Crippen LogP contribution in [0.15, 0.2) is 12.1 Å². The molecule has 30 heavy (non-hydrogen) atoms. The molecule has 1 aromatic carbocycles. The Morgan fingerprint density at radius 2 is 1.87 bits per heavy atom. The second kappa shape index (κ2) is 9.09. The van der Waals surface area contributed by atoms with Crippen LogP contribution in [0.5, 0.6) is 17.2 Å². The number of hydrogen-bond acceptors (Lipinski definition) is 7. The third-order valence-electron chi connectivity index (χ3n) is 5.85. The van der Waals surface area contributed by atoms with Gasteiger partial charge in [0.1, 0.15) is 11.3 Å². The average molecular weight is 440 g/mol. The van der Waals surface area contributed by atoms with Crippen molar-refractivity contribution in [1.29, 1.82) is 0 Å². The third-order valence-corrected chi connectivity index (χ3v) is 5.85. The van der Waals surface area contributed by atoms with Crippen molar-refractivity contribution in [2.45, 2.75) is 37.6 Å². The van der Waals surface area contributed by atoms with Crippen molar-refractivity contribution in [3.8, 4) is 17.2 Å². The van der Waals surface area contributed by atoms with Crippen molar-refractivity contribution in [2.75, 3.05) is 33.5 Å². The van der Waals surface area contributed by atoms with E-state index in [2.05, 4.69) is 15.5 Å². The van der Waals surface area contributed by atoms with E-state index in [1.807, 2.05) is 0 Å². The number of carbonyl (C=O) groups excluding carboxylic acids is 3.